The Morgan fingerprint density at radius 1 is 1.53 bits per heavy atom. The molecule has 0 spiro atoms. The maximum atomic E-state index is 10.7. The van der Waals surface area contributed by atoms with E-state index in [4.69, 9.17) is 10.8 Å². The van der Waals surface area contributed by atoms with Gasteiger partial charge in [0.25, 0.3) is 0 Å². The van der Waals surface area contributed by atoms with E-state index >= 15 is 0 Å². The Kier molecular flexibility index (Phi) is 3.43. The van der Waals surface area contributed by atoms with Crippen molar-refractivity contribution in [2.75, 3.05) is 23.7 Å². The fourth-order valence-corrected chi connectivity index (χ4v) is 1.21. The van der Waals surface area contributed by atoms with Crippen LogP contribution in [0.2, 0.25) is 0 Å². The predicted octanol–water partition coefficient (Wildman–Crippen LogP) is 0.603. The average Bonchev–Trinajstić information content (AvgIpc) is 2.19. The largest absolute Gasteiger partial charge is 0.477 e. The molecule has 0 saturated heterocycles. The standard InChI is InChI=1S/C9H14N4O2/c1-3-13(4-2)9-11-5-6(8(14)15)7(10)12-9/h5H,3-4H2,1-2H3,(H,14,15)(H2,10,11,12). The van der Waals surface area contributed by atoms with Crippen molar-refractivity contribution < 1.29 is 9.90 Å². The number of nitrogen functional groups attached to an aromatic ring is 1. The molecular formula is C9H14N4O2. The lowest BCUT2D eigenvalue weighted by Gasteiger charge is -2.18. The third-order valence-electron chi connectivity index (χ3n) is 2.08. The van der Waals surface area contributed by atoms with Gasteiger partial charge in [0.1, 0.15) is 11.4 Å². The second kappa shape index (κ2) is 4.59. The van der Waals surface area contributed by atoms with E-state index in [1.54, 1.807) is 0 Å². The number of nitrogens with two attached hydrogens (primary N) is 1. The quantitative estimate of drug-likeness (QED) is 0.756. The van der Waals surface area contributed by atoms with Gasteiger partial charge in [0.15, 0.2) is 0 Å². The first-order valence-corrected chi connectivity index (χ1v) is 4.70. The zero-order chi connectivity index (χ0) is 11.4. The fraction of sp³-hybridized carbons (Fsp3) is 0.444. The molecule has 0 aliphatic heterocycles. The summed E-state index contributed by atoms with van der Waals surface area (Å²) in [7, 11) is 0. The summed E-state index contributed by atoms with van der Waals surface area (Å²) in [6, 6.07) is 0. The molecule has 1 rings (SSSR count). The second-order valence-corrected chi connectivity index (χ2v) is 2.95. The molecule has 6 nitrogen and oxygen atoms in total. The summed E-state index contributed by atoms with van der Waals surface area (Å²) in [6.45, 7) is 5.44. The van der Waals surface area contributed by atoms with Crippen molar-refractivity contribution in [2.24, 2.45) is 0 Å². The van der Waals surface area contributed by atoms with Crippen LogP contribution in [-0.4, -0.2) is 34.1 Å². The third-order valence-corrected chi connectivity index (χ3v) is 2.08. The molecule has 0 amide bonds. The molecule has 0 aliphatic rings. The number of carbonyl (C=O) groups is 1. The van der Waals surface area contributed by atoms with Gasteiger partial charge in [-0.2, -0.15) is 4.98 Å². The van der Waals surface area contributed by atoms with E-state index in [-0.39, 0.29) is 11.4 Å². The molecule has 1 aromatic rings. The van der Waals surface area contributed by atoms with E-state index in [1.165, 1.54) is 6.20 Å². The SMILES string of the molecule is CCN(CC)c1ncc(C(=O)O)c(N)n1. The summed E-state index contributed by atoms with van der Waals surface area (Å²) >= 11 is 0. The second-order valence-electron chi connectivity index (χ2n) is 2.95. The number of anilines is 2. The van der Waals surface area contributed by atoms with Crippen molar-refractivity contribution in [1.29, 1.82) is 0 Å². The third kappa shape index (κ3) is 2.34. The van der Waals surface area contributed by atoms with Crippen molar-refractivity contribution in [1.82, 2.24) is 9.97 Å². The predicted molar refractivity (Wildman–Crippen MR) is 57.0 cm³/mol. The van der Waals surface area contributed by atoms with Crippen molar-refractivity contribution in [3.63, 3.8) is 0 Å². The van der Waals surface area contributed by atoms with Gasteiger partial charge >= 0.3 is 5.97 Å². The topological polar surface area (TPSA) is 92.3 Å². The molecule has 6 heteroatoms. The van der Waals surface area contributed by atoms with E-state index in [1.807, 2.05) is 18.7 Å². The number of aromatic carboxylic acids is 1. The number of carboxylic acid groups (broad SMARTS) is 1. The maximum Gasteiger partial charge on any atom is 0.341 e. The molecule has 3 N–H and O–H groups in total. The van der Waals surface area contributed by atoms with Crippen LogP contribution in [-0.2, 0) is 0 Å². The Labute approximate surface area is 87.8 Å². The summed E-state index contributed by atoms with van der Waals surface area (Å²) in [6.07, 6.45) is 1.23. The van der Waals surface area contributed by atoms with Crippen molar-refractivity contribution >= 4 is 17.7 Å². The van der Waals surface area contributed by atoms with E-state index in [2.05, 4.69) is 9.97 Å². The van der Waals surface area contributed by atoms with Crippen LogP contribution in [0.3, 0.4) is 0 Å². The summed E-state index contributed by atoms with van der Waals surface area (Å²) in [4.78, 5) is 20.5. The number of aromatic nitrogens is 2. The highest BCUT2D eigenvalue weighted by Gasteiger charge is 2.12. The van der Waals surface area contributed by atoms with Gasteiger partial charge in [0, 0.05) is 19.3 Å². The molecule has 0 unspecified atom stereocenters. The number of rotatable bonds is 4. The van der Waals surface area contributed by atoms with Crippen LogP contribution in [0, 0.1) is 0 Å². The Morgan fingerprint density at radius 2 is 2.13 bits per heavy atom. The summed E-state index contributed by atoms with van der Waals surface area (Å²) in [5, 5.41) is 8.74. The van der Waals surface area contributed by atoms with Crippen LogP contribution in [0.15, 0.2) is 6.20 Å². The van der Waals surface area contributed by atoms with E-state index in [9.17, 15) is 4.79 Å². The zero-order valence-corrected chi connectivity index (χ0v) is 8.77. The van der Waals surface area contributed by atoms with Gasteiger partial charge in [-0.3, -0.25) is 0 Å². The molecule has 15 heavy (non-hydrogen) atoms. The van der Waals surface area contributed by atoms with Gasteiger partial charge in [-0.05, 0) is 13.8 Å². The Morgan fingerprint density at radius 3 is 2.53 bits per heavy atom. The van der Waals surface area contributed by atoms with Gasteiger partial charge < -0.3 is 15.7 Å². The van der Waals surface area contributed by atoms with Crippen LogP contribution in [0.5, 0.6) is 0 Å². The summed E-state index contributed by atoms with van der Waals surface area (Å²) < 4.78 is 0. The Hall–Kier alpha value is -1.85. The van der Waals surface area contributed by atoms with Gasteiger partial charge in [-0.25, -0.2) is 9.78 Å². The van der Waals surface area contributed by atoms with Crippen LogP contribution >= 0.6 is 0 Å². The van der Waals surface area contributed by atoms with Crippen LogP contribution in [0.25, 0.3) is 0 Å². The minimum atomic E-state index is -1.11. The number of hydrogen-bond acceptors (Lipinski definition) is 5. The van der Waals surface area contributed by atoms with Gasteiger partial charge in [-0.15, -0.1) is 0 Å². The maximum absolute atomic E-state index is 10.7. The summed E-state index contributed by atoms with van der Waals surface area (Å²) in [5.74, 6) is -0.652. The highest BCUT2D eigenvalue weighted by Crippen LogP contribution is 2.12. The monoisotopic (exact) mass is 210 g/mol. The first-order chi connectivity index (χ1) is 7.10. The highest BCUT2D eigenvalue weighted by atomic mass is 16.4. The Bertz CT molecular complexity index is 363. The molecule has 0 saturated carbocycles. The lowest BCUT2D eigenvalue weighted by molar-refractivity contribution is 0.0697. The minimum absolute atomic E-state index is 0.000556. The summed E-state index contributed by atoms with van der Waals surface area (Å²) in [5.41, 5.74) is 5.45. The lowest BCUT2D eigenvalue weighted by Crippen LogP contribution is -2.25. The zero-order valence-electron chi connectivity index (χ0n) is 8.77. The van der Waals surface area contributed by atoms with Crippen molar-refractivity contribution in [3.05, 3.63) is 11.8 Å². The van der Waals surface area contributed by atoms with Gasteiger partial charge in [0.05, 0.1) is 0 Å². The first-order valence-electron chi connectivity index (χ1n) is 4.70. The number of nitrogens with zero attached hydrogens (tertiary/aromatic N) is 3. The molecule has 82 valence electrons. The number of hydrogen-bond donors (Lipinski definition) is 2. The van der Waals surface area contributed by atoms with Crippen LogP contribution < -0.4 is 10.6 Å². The van der Waals surface area contributed by atoms with E-state index < -0.39 is 5.97 Å². The van der Waals surface area contributed by atoms with E-state index in [0.29, 0.717) is 5.95 Å². The molecule has 0 fully saturated rings. The lowest BCUT2D eigenvalue weighted by atomic mass is 10.3. The van der Waals surface area contributed by atoms with Gasteiger partial charge in [-0.1, -0.05) is 0 Å². The molecule has 0 aliphatic carbocycles. The van der Waals surface area contributed by atoms with Crippen LogP contribution in [0.4, 0.5) is 11.8 Å². The Balaban J connectivity index is 3.05. The average molecular weight is 210 g/mol. The normalized spacial score (nSPS) is 10.0. The van der Waals surface area contributed by atoms with Crippen molar-refractivity contribution in [3.8, 4) is 0 Å². The number of carboxylic acids is 1. The molecule has 0 atom stereocenters. The molecule has 1 aromatic heterocycles. The highest BCUT2D eigenvalue weighted by molar-refractivity contribution is 5.92. The van der Waals surface area contributed by atoms with E-state index in [0.717, 1.165) is 13.1 Å². The molecule has 0 radical (unpaired) electrons. The fourth-order valence-electron chi connectivity index (χ4n) is 1.21. The van der Waals surface area contributed by atoms with Crippen LogP contribution in [0.1, 0.15) is 24.2 Å². The first kappa shape index (κ1) is 11.2. The molecule has 0 bridgehead atoms. The smallest absolute Gasteiger partial charge is 0.341 e. The molecular weight excluding hydrogens is 196 g/mol. The minimum Gasteiger partial charge on any atom is -0.477 e. The molecule has 0 aromatic carbocycles. The molecule has 1 heterocycles. The van der Waals surface area contributed by atoms with Crippen molar-refractivity contribution in [2.45, 2.75) is 13.8 Å². The van der Waals surface area contributed by atoms with Gasteiger partial charge in [0.2, 0.25) is 5.95 Å².